The minimum atomic E-state index is -0.362. The van der Waals surface area contributed by atoms with Gasteiger partial charge in [-0.2, -0.15) is 5.10 Å². The molecule has 2 aromatic carbocycles. The van der Waals surface area contributed by atoms with E-state index in [0.717, 1.165) is 18.4 Å². The fourth-order valence-electron chi connectivity index (χ4n) is 2.44. The molecule has 0 aliphatic heterocycles. The van der Waals surface area contributed by atoms with Gasteiger partial charge in [0.25, 0.3) is 5.91 Å². The van der Waals surface area contributed by atoms with Gasteiger partial charge in [0, 0.05) is 22.8 Å². The molecule has 0 spiro atoms. The van der Waals surface area contributed by atoms with Crippen LogP contribution in [0.5, 0.6) is 0 Å². The van der Waals surface area contributed by atoms with Gasteiger partial charge in [0.1, 0.15) is 0 Å². The Morgan fingerprint density at radius 2 is 1.85 bits per heavy atom. The Bertz CT molecular complexity index is 819. The number of aryl methyl sites for hydroxylation is 2. The molecule has 2 amide bonds. The van der Waals surface area contributed by atoms with E-state index in [1.54, 1.807) is 25.1 Å². The number of carbonyl (C=O) groups is 2. The third-order valence-corrected chi connectivity index (χ3v) is 4.41. The first-order valence-corrected chi connectivity index (χ1v) is 9.24. The van der Waals surface area contributed by atoms with Crippen molar-refractivity contribution in [1.82, 2.24) is 10.7 Å². The molecule has 0 heterocycles. The van der Waals surface area contributed by atoms with E-state index in [0.29, 0.717) is 22.8 Å². The SMILES string of the molecule is CC(CC(=O)NCCCc1ccccc1)=NNC(=O)c1ccc(C)c(Cl)c1. The van der Waals surface area contributed by atoms with Crippen LogP contribution in [0.1, 0.15) is 41.3 Å². The second-order valence-corrected chi connectivity index (χ2v) is 6.78. The zero-order chi connectivity index (χ0) is 19.6. The van der Waals surface area contributed by atoms with Crippen LogP contribution in [-0.4, -0.2) is 24.1 Å². The van der Waals surface area contributed by atoms with Gasteiger partial charge in [0.15, 0.2) is 0 Å². The summed E-state index contributed by atoms with van der Waals surface area (Å²) in [6, 6.07) is 15.2. The van der Waals surface area contributed by atoms with Gasteiger partial charge in [-0.15, -0.1) is 0 Å². The maximum Gasteiger partial charge on any atom is 0.271 e. The predicted molar refractivity (Wildman–Crippen MR) is 109 cm³/mol. The Kier molecular flexibility index (Phi) is 8.01. The summed E-state index contributed by atoms with van der Waals surface area (Å²) >= 11 is 6.02. The van der Waals surface area contributed by atoms with E-state index >= 15 is 0 Å². The molecule has 6 heteroatoms. The van der Waals surface area contributed by atoms with Crippen LogP contribution in [0.15, 0.2) is 53.6 Å². The minimum Gasteiger partial charge on any atom is -0.356 e. The minimum absolute atomic E-state index is 0.114. The standard InChI is InChI=1S/C21H24ClN3O2/c1-15-10-11-18(14-19(15)22)21(27)25-24-16(2)13-20(26)23-12-6-9-17-7-4-3-5-8-17/h3-5,7-8,10-11,14H,6,9,12-13H2,1-2H3,(H,23,26)(H,25,27). The molecular formula is C21H24ClN3O2. The molecule has 0 aliphatic carbocycles. The molecule has 142 valence electrons. The quantitative estimate of drug-likeness (QED) is 0.411. The van der Waals surface area contributed by atoms with Crippen LogP contribution in [0.25, 0.3) is 0 Å². The maximum absolute atomic E-state index is 12.1. The van der Waals surface area contributed by atoms with Crippen LogP contribution >= 0.6 is 11.6 Å². The van der Waals surface area contributed by atoms with Gasteiger partial charge in [-0.25, -0.2) is 5.43 Å². The number of hydrazone groups is 1. The van der Waals surface area contributed by atoms with Crippen LogP contribution in [0.2, 0.25) is 5.02 Å². The van der Waals surface area contributed by atoms with E-state index in [1.807, 2.05) is 25.1 Å². The van der Waals surface area contributed by atoms with Crippen molar-refractivity contribution in [3.63, 3.8) is 0 Å². The van der Waals surface area contributed by atoms with Crippen molar-refractivity contribution in [2.24, 2.45) is 5.10 Å². The van der Waals surface area contributed by atoms with Gasteiger partial charge in [-0.05, 0) is 49.9 Å². The van der Waals surface area contributed by atoms with Gasteiger partial charge >= 0.3 is 0 Å². The first-order valence-electron chi connectivity index (χ1n) is 8.86. The summed E-state index contributed by atoms with van der Waals surface area (Å²) in [4.78, 5) is 24.0. The van der Waals surface area contributed by atoms with Crippen molar-refractivity contribution in [2.45, 2.75) is 33.1 Å². The van der Waals surface area contributed by atoms with Crippen LogP contribution in [-0.2, 0) is 11.2 Å². The average Bonchev–Trinajstić information content (AvgIpc) is 2.66. The van der Waals surface area contributed by atoms with Gasteiger partial charge in [-0.1, -0.05) is 48.0 Å². The van der Waals surface area contributed by atoms with Gasteiger partial charge < -0.3 is 5.32 Å². The molecule has 0 radical (unpaired) electrons. The van der Waals surface area contributed by atoms with Crippen molar-refractivity contribution in [2.75, 3.05) is 6.54 Å². The molecule has 5 nitrogen and oxygen atoms in total. The average molecular weight is 386 g/mol. The normalized spacial score (nSPS) is 11.1. The lowest BCUT2D eigenvalue weighted by molar-refractivity contribution is -0.119. The molecule has 2 aromatic rings. The lowest BCUT2D eigenvalue weighted by Gasteiger charge is -2.06. The number of benzene rings is 2. The van der Waals surface area contributed by atoms with Crippen molar-refractivity contribution in [1.29, 1.82) is 0 Å². The van der Waals surface area contributed by atoms with Crippen LogP contribution in [0.4, 0.5) is 0 Å². The number of rotatable bonds is 8. The van der Waals surface area contributed by atoms with E-state index in [1.165, 1.54) is 5.56 Å². The molecular weight excluding hydrogens is 362 g/mol. The zero-order valence-corrected chi connectivity index (χ0v) is 16.3. The van der Waals surface area contributed by atoms with E-state index in [4.69, 9.17) is 11.6 Å². The fraction of sp³-hybridized carbons (Fsp3) is 0.286. The summed E-state index contributed by atoms with van der Waals surface area (Å²) in [5, 5.41) is 7.37. The summed E-state index contributed by atoms with van der Waals surface area (Å²) in [7, 11) is 0. The van der Waals surface area contributed by atoms with E-state index in [2.05, 4.69) is 28.0 Å². The first-order chi connectivity index (χ1) is 13.0. The Balaban J connectivity index is 1.71. The van der Waals surface area contributed by atoms with Crippen molar-refractivity contribution in [3.8, 4) is 0 Å². The van der Waals surface area contributed by atoms with Crippen LogP contribution in [0, 0.1) is 6.92 Å². The van der Waals surface area contributed by atoms with Crippen molar-refractivity contribution >= 4 is 29.1 Å². The number of nitrogens with one attached hydrogen (secondary N) is 2. The third-order valence-electron chi connectivity index (χ3n) is 4.01. The summed E-state index contributed by atoms with van der Waals surface area (Å²) < 4.78 is 0. The molecule has 0 unspecified atom stereocenters. The molecule has 0 saturated heterocycles. The molecule has 2 rings (SSSR count). The highest BCUT2D eigenvalue weighted by Crippen LogP contribution is 2.16. The summed E-state index contributed by atoms with van der Waals surface area (Å²) in [5.41, 5.74) is 5.56. The molecule has 0 saturated carbocycles. The van der Waals surface area contributed by atoms with Crippen molar-refractivity contribution < 1.29 is 9.59 Å². The summed E-state index contributed by atoms with van der Waals surface area (Å²) in [5.74, 6) is -0.475. The Morgan fingerprint density at radius 3 is 2.56 bits per heavy atom. The smallest absolute Gasteiger partial charge is 0.271 e. The Labute approximate surface area is 164 Å². The molecule has 0 atom stereocenters. The highest BCUT2D eigenvalue weighted by Gasteiger charge is 2.08. The molecule has 27 heavy (non-hydrogen) atoms. The largest absolute Gasteiger partial charge is 0.356 e. The lowest BCUT2D eigenvalue weighted by Crippen LogP contribution is -2.27. The topological polar surface area (TPSA) is 70.6 Å². The number of hydrogen-bond acceptors (Lipinski definition) is 3. The zero-order valence-electron chi connectivity index (χ0n) is 15.6. The molecule has 0 fully saturated rings. The molecule has 0 aromatic heterocycles. The second kappa shape index (κ2) is 10.5. The first kappa shape index (κ1) is 20.6. The van der Waals surface area contributed by atoms with E-state index in [-0.39, 0.29) is 18.2 Å². The number of halogens is 1. The third kappa shape index (κ3) is 7.23. The van der Waals surface area contributed by atoms with Gasteiger partial charge in [0.2, 0.25) is 5.91 Å². The lowest BCUT2D eigenvalue weighted by atomic mass is 10.1. The highest BCUT2D eigenvalue weighted by atomic mass is 35.5. The van der Waals surface area contributed by atoms with Crippen molar-refractivity contribution in [3.05, 3.63) is 70.2 Å². The summed E-state index contributed by atoms with van der Waals surface area (Å²) in [6.07, 6.45) is 1.93. The van der Waals surface area contributed by atoms with Crippen LogP contribution in [0.3, 0.4) is 0 Å². The van der Waals surface area contributed by atoms with Gasteiger partial charge in [0.05, 0.1) is 6.42 Å². The number of amides is 2. The fourth-order valence-corrected chi connectivity index (χ4v) is 2.62. The Hall–Kier alpha value is -2.66. The van der Waals surface area contributed by atoms with E-state index < -0.39 is 0 Å². The molecule has 0 aliphatic rings. The Morgan fingerprint density at radius 1 is 1.11 bits per heavy atom. The summed E-state index contributed by atoms with van der Waals surface area (Å²) in [6.45, 7) is 4.17. The van der Waals surface area contributed by atoms with Crippen LogP contribution < -0.4 is 10.7 Å². The second-order valence-electron chi connectivity index (χ2n) is 6.37. The van der Waals surface area contributed by atoms with E-state index in [9.17, 15) is 9.59 Å². The number of nitrogens with zero attached hydrogens (tertiary/aromatic N) is 1. The predicted octanol–water partition coefficient (Wildman–Crippen LogP) is 3.89. The van der Waals surface area contributed by atoms with Gasteiger partial charge in [-0.3, -0.25) is 9.59 Å². The number of hydrogen-bond donors (Lipinski definition) is 2. The molecule has 0 bridgehead atoms. The number of carbonyl (C=O) groups excluding carboxylic acids is 2. The maximum atomic E-state index is 12.1. The highest BCUT2D eigenvalue weighted by molar-refractivity contribution is 6.31. The monoisotopic (exact) mass is 385 g/mol. The molecule has 2 N–H and O–H groups in total.